The molecule has 5 nitrogen and oxygen atoms in total. The van der Waals surface area contributed by atoms with Gasteiger partial charge in [0.15, 0.2) is 0 Å². The zero-order chi connectivity index (χ0) is 10.8. The molecule has 0 bridgehead atoms. The van der Waals surface area contributed by atoms with Crippen molar-refractivity contribution in [1.82, 2.24) is 14.9 Å². The average Bonchev–Trinajstić information content (AvgIpc) is 2.97. The van der Waals surface area contributed by atoms with Crippen molar-refractivity contribution in [2.24, 2.45) is 18.7 Å². The van der Waals surface area contributed by atoms with Crippen LogP contribution in [0.25, 0.3) is 0 Å². The monoisotopic (exact) mass is 208 g/mol. The Bertz CT molecular complexity index is 356. The van der Waals surface area contributed by atoms with Gasteiger partial charge in [0, 0.05) is 19.6 Å². The van der Waals surface area contributed by atoms with E-state index in [-0.39, 0.29) is 11.9 Å². The van der Waals surface area contributed by atoms with Gasteiger partial charge in [0.25, 0.3) is 5.91 Å². The van der Waals surface area contributed by atoms with E-state index in [1.165, 1.54) is 12.8 Å². The normalized spacial score (nSPS) is 17.5. The highest BCUT2D eigenvalue weighted by Gasteiger charge is 2.31. The molecule has 1 unspecified atom stereocenters. The molecule has 1 heterocycles. The number of nitrogens with two attached hydrogens (primary N) is 1. The van der Waals surface area contributed by atoms with Crippen molar-refractivity contribution in [2.45, 2.75) is 18.9 Å². The Kier molecular flexibility index (Phi) is 2.73. The fraction of sp³-hybridized carbons (Fsp3) is 0.600. The summed E-state index contributed by atoms with van der Waals surface area (Å²) in [6.07, 6.45) is 5.53. The van der Waals surface area contributed by atoms with Crippen molar-refractivity contribution >= 4 is 5.91 Å². The molecule has 3 N–H and O–H groups in total. The number of hydrogen-bond acceptors (Lipinski definition) is 3. The SMILES string of the molecule is Cn1cncc1C(=O)NC(CN)C1CC1. The summed E-state index contributed by atoms with van der Waals surface area (Å²) in [5.74, 6) is 0.490. The summed E-state index contributed by atoms with van der Waals surface area (Å²) >= 11 is 0. The van der Waals surface area contributed by atoms with Crippen LogP contribution in [0.3, 0.4) is 0 Å². The first-order chi connectivity index (χ1) is 7.22. The molecular weight excluding hydrogens is 192 g/mol. The van der Waals surface area contributed by atoms with Gasteiger partial charge in [-0.2, -0.15) is 0 Å². The predicted octanol–water partition coefficient (Wildman–Crippen LogP) is -0.113. The first kappa shape index (κ1) is 10.2. The molecule has 0 saturated heterocycles. The minimum atomic E-state index is -0.0858. The van der Waals surface area contributed by atoms with Crippen molar-refractivity contribution in [3.8, 4) is 0 Å². The maximum absolute atomic E-state index is 11.8. The highest BCUT2D eigenvalue weighted by atomic mass is 16.2. The third-order valence-electron chi connectivity index (χ3n) is 2.81. The van der Waals surface area contributed by atoms with Crippen molar-refractivity contribution < 1.29 is 4.79 Å². The number of nitrogens with zero attached hydrogens (tertiary/aromatic N) is 2. The van der Waals surface area contributed by atoms with E-state index < -0.39 is 0 Å². The second kappa shape index (κ2) is 4.02. The Labute approximate surface area is 88.7 Å². The Morgan fingerprint density at radius 2 is 2.53 bits per heavy atom. The van der Waals surface area contributed by atoms with Crippen molar-refractivity contribution in [2.75, 3.05) is 6.54 Å². The number of aromatic nitrogens is 2. The van der Waals surface area contributed by atoms with E-state index in [9.17, 15) is 4.79 Å². The van der Waals surface area contributed by atoms with E-state index >= 15 is 0 Å². The van der Waals surface area contributed by atoms with Gasteiger partial charge in [-0.15, -0.1) is 0 Å². The van der Waals surface area contributed by atoms with Gasteiger partial charge < -0.3 is 15.6 Å². The average molecular weight is 208 g/mol. The molecule has 0 spiro atoms. The third kappa shape index (κ3) is 2.18. The Morgan fingerprint density at radius 1 is 1.80 bits per heavy atom. The van der Waals surface area contributed by atoms with Crippen LogP contribution in [0.2, 0.25) is 0 Å². The Hall–Kier alpha value is -1.36. The lowest BCUT2D eigenvalue weighted by molar-refractivity contribution is 0.0925. The predicted molar refractivity (Wildman–Crippen MR) is 56.2 cm³/mol. The van der Waals surface area contributed by atoms with Crippen LogP contribution in [0.1, 0.15) is 23.3 Å². The van der Waals surface area contributed by atoms with E-state index in [4.69, 9.17) is 5.73 Å². The van der Waals surface area contributed by atoms with E-state index in [1.807, 2.05) is 0 Å². The molecule has 1 saturated carbocycles. The Morgan fingerprint density at radius 3 is 3.00 bits per heavy atom. The molecule has 5 heteroatoms. The summed E-state index contributed by atoms with van der Waals surface area (Å²) in [4.78, 5) is 15.7. The van der Waals surface area contributed by atoms with E-state index in [2.05, 4.69) is 10.3 Å². The fourth-order valence-corrected chi connectivity index (χ4v) is 1.69. The topological polar surface area (TPSA) is 72.9 Å². The van der Waals surface area contributed by atoms with Crippen LogP contribution >= 0.6 is 0 Å². The van der Waals surface area contributed by atoms with Gasteiger partial charge in [-0.3, -0.25) is 4.79 Å². The lowest BCUT2D eigenvalue weighted by Gasteiger charge is -2.15. The van der Waals surface area contributed by atoms with E-state index in [0.29, 0.717) is 18.2 Å². The van der Waals surface area contributed by atoms with Crippen LogP contribution in [-0.4, -0.2) is 28.0 Å². The minimum absolute atomic E-state index is 0.0858. The lowest BCUT2D eigenvalue weighted by atomic mass is 10.2. The van der Waals surface area contributed by atoms with Crippen LogP contribution in [0.4, 0.5) is 0 Å². The summed E-state index contributed by atoms with van der Waals surface area (Å²) in [7, 11) is 1.80. The van der Waals surface area contributed by atoms with Crippen LogP contribution in [0.15, 0.2) is 12.5 Å². The number of amides is 1. The van der Waals surface area contributed by atoms with Crippen LogP contribution in [0.5, 0.6) is 0 Å². The van der Waals surface area contributed by atoms with Gasteiger partial charge in [-0.05, 0) is 18.8 Å². The molecule has 1 aromatic heterocycles. The number of aryl methyl sites for hydroxylation is 1. The molecule has 1 fully saturated rings. The maximum atomic E-state index is 11.8. The number of rotatable bonds is 4. The smallest absolute Gasteiger partial charge is 0.269 e. The van der Waals surface area contributed by atoms with Gasteiger partial charge in [0.1, 0.15) is 5.69 Å². The number of carbonyl (C=O) groups is 1. The first-order valence-corrected chi connectivity index (χ1v) is 5.19. The van der Waals surface area contributed by atoms with Gasteiger partial charge in [-0.25, -0.2) is 4.98 Å². The molecule has 0 radical (unpaired) electrons. The molecule has 2 rings (SSSR count). The van der Waals surface area contributed by atoms with Gasteiger partial charge >= 0.3 is 0 Å². The number of imidazole rings is 1. The fourth-order valence-electron chi connectivity index (χ4n) is 1.69. The summed E-state index contributed by atoms with van der Waals surface area (Å²) in [5.41, 5.74) is 6.19. The molecule has 1 aliphatic rings. The van der Waals surface area contributed by atoms with Crippen LogP contribution in [-0.2, 0) is 7.05 Å². The molecule has 0 aromatic carbocycles. The molecule has 1 amide bonds. The summed E-state index contributed by atoms with van der Waals surface area (Å²) in [6.45, 7) is 0.508. The number of hydrogen-bond donors (Lipinski definition) is 2. The van der Waals surface area contributed by atoms with Crippen molar-refractivity contribution in [3.63, 3.8) is 0 Å². The largest absolute Gasteiger partial charge is 0.346 e. The molecule has 1 aliphatic carbocycles. The molecule has 0 aliphatic heterocycles. The second-order valence-electron chi connectivity index (χ2n) is 4.04. The van der Waals surface area contributed by atoms with Gasteiger partial charge in [-0.1, -0.05) is 0 Å². The number of carbonyl (C=O) groups excluding carboxylic acids is 1. The lowest BCUT2D eigenvalue weighted by Crippen LogP contribution is -2.42. The Balaban J connectivity index is 1.99. The highest BCUT2D eigenvalue weighted by molar-refractivity contribution is 5.92. The van der Waals surface area contributed by atoms with Crippen molar-refractivity contribution in [1.29, 1.82) is 0 Å². The minimum Gasteiger partial charge on any atom is -0.346 e. The van der Waals surface area contributed by atoms with Gasteiger partial charge in [0.2, 0.25) is 0 Å². The summed E-state index contributed by atoms with van der Waals surface area (Å²) < 4.78 is 1.70. The molecule has 82 valence electrons. The zero-order valence-electron chi connectivity index (χ0n) is 8.81. The molecular formula is C10H16N4O. The molecule has 1 atom stereocenters. The third-order valence-corrected chi connectivity index (χ3v) is 2.81. The van der Waals surface area contributed by atoms with E-state index in [1.54, 1.807) is 24.1 Å². The highest BCUT2D eigenvalue weighted by Crippen LogP contribution is 2.32. The summed E-state index contributed by atoms with van der Waals surface area (Å²) in [5, 5.41) is 2.95. The standard InChI is InChI=1S/C10H16N4O/c1-14-6-12-5-9(14)10(15)13-8(4-11)7-2-3-7/h5-8H,2-4,11H2,1H3,(H,13,15). The van der Waals surface area contributed by atoms with E-state index in [0.717, 1.165) is 0 Å². The van der Waals surface area contributed by atoms with Crippen molar-refractivity contribution in [3.05, 3.63) is 18.2 Å². The number of nitrogens with one attached hydrogen (secondary N) is 1. The van der Waals surface area contributed by atoms with Gasteiger partial charge in [0.05, 0.1) is 12.5 Å². The second-order valence-corrected chi connectivity index (χ2v) is 4.04. The maximum Gasteiger partial charge on any atom is 0.269 e. The molecule has 15 heavy (non-hydrogen) atoms. The van der Waals surface area contributed by atoms with Crippen LogP contribution < -0.4 is 11.1 Å². The molecule has 1 aromatic rings. The van der Waals surface area contributed by atoms with Crippen LogP contribution in [0, 0.1) is 5.92 Å². The zero-order valence-corrected chi connectivity index (χ0v) is 8.81. The first-order valence-electron chi connectivity index (χ1n) is 5.19. The summed E-state index contributed by atoms with van der Waals surface area (Å²) in [6, 6.07) is 0.118. The quantitative estimate of drug-likeness (QED) is 0.725.